The molecule has 2 rings (SSSR count). The number of aromatic amines is 1. The van der Waals surface area contributed by atoms with Crippen molar-refractivity contribution < 1.29 is 19.1 Å². The molecule has 0 aliphatic heterocycles. The van der Waals surface area contributed by atoms with Crippen molar-refractivity contribution in [2.24, 2.45) is 0 Å². The van der Waals surface area contributed by atoms with Gasteiger partial charge in [0.1, 0.15) is 5.56 Å². The van der Waals surface area contributed by atoms with Gasteiger partial charge in [-0.1, -0.05) is 13.0 Å². The number of H-pyrrole nitrogens is 1. The van der Waals surface area contributed by atoms with E-state index in [-0.39, 0.29) is 23.1 Å². The Balaban J connectivity index is 2.83. The first-order chi connectivity index (χ1) is 10.5. The molecule has 0 fully saturated rings. The van der Waals surface area contributed by atoms with Gasteiger partial charge in [-0.25, -0.2) is 9.59 Å². The Morgan fingerprint density at radius 2 is 1.86 bits per heavy atom. The van der Waals surface area contributed by atoms with E-state index < -0.39 is 17.4 Å². The van der Waals surface area contributed by atoms with Crippen LogP contribution in [0.2, 0.25) is 0 Å². The van der Waals surface area contributed by atoms with Crippen LogP contribution < -0.4 is 5.43 Å². The van der Waals surface area contributed by atoms with Crippen molar-refractivity contribution in [2.45, 2.75) is 20.3 Å². The number of fused-ring (bicyclic) bond motifs is 1. The van der Waals surface area contributed by atoms with E-state index in [4.69, 9.17) is 9.47 Å². The van der Waals surface area contributed by atoms with Gasteiger partial charge in [0.15, 0.2) is 0 Å². The van der Waals surface area contributed by atoms with Gasteiger partial charge >= 0.3 is 11.9 Å². The number of ether oxygens (including phenoxy) is 2. The van der Waals surface area contributed by atoms with E-state index in [9.17, 15) is 14.4 Å². The van der Waals surface area contributed by atoms with Gasteiger partial charge in [0.2, 0.25) is 5.43 Å². The van der Waals surface area contributed by atoms with Gasteiger partial charge < -0.3 is 14.5 Å². The topological polar surface area (TPSA) is 85.5 Å². The standard InChI is InChI=1S/C16H17NO5/c1-4-9-6-7-10(15(19)21-3)12-13(9)17-8-11(14(12)18)16(20)22-5-2/h6-8H,4-5H2,1-3H3,(H,17,18). The molecule has 0 saturated heterocycles. The van der Waals surface area contributed by atoms with Crippen molar-refractivity contribution in [3.05, 3.63) is 45.2 Å². The summed E-state index contributed by atoms with van der Waals surface area (Å²) in [5.74, 6) is -1.34. The molecule has 1 heterocycles. The third-order valence-corrected chi connectivity index (χ3v) is 3.41. The van der Waals surface area contributed by atoms with Crippen molar-refractivity contribution >= 4 is 22.8 Å². The lowest BCUT2D eigenvalue weighted by Crippen LogP contribution is -2.20. The molecule has 0 radical (unpaired) electrons. The highest BCUT2D eigenvalue weighted by atomic mass is 16.5. The summed E-state index contributed by atoms with van der Waals surface area (Å²) in [6.07, 6.45) is 2.00. The highest BCUT2D eigenvalue weighted by Gasteiger charge is 2.20. The van der Waals surface area contributed by atoms with E-state index >= 15 is 0 Å². The number of esters is 2. The Morgan fingerprint density at radius 3 is 2.45 bits per heavy atom. The van der Waals surface area contributed by atoms with E-state index in [1.54, 1.807) is 13.0 Å². The lowest BCUT2D eigenvalue weighted by atomic mass is 10.0. The van der Waals surface area contributed by atoms with E-state index in [2.05, 4.69) is 4.98 Å². The number of nitrogens with one attached hydrogen (secondary N) is 1. The monoisotopic (exact) mass is 303 g/mol. The van der Waals surface area contributed by atoms with E-state index in [0.717, 1.165) is 5.56 Å². The highest BCUT2D eigenvalue weighted by Crippen LogP contribution is 2.20. The molecule has 0 aliphatic rings. The smallest absolute Gasteiger partial charge is 0.343 e. The number of pyridine rings is 1. The zero-order chi connectivity index (χ0) is 16.3. The number of benzene rings is 1. The maximum atomic E-state index is 12.6. The summed E-state index contributed by atoms with van der Waals surface area (Å²) in [6.45, 7) is 3.75. The number of carbonyl (C=O) groups excluding carboxylic acids is 2. The van der Waals surface area contributed by atoms with Gasteiger partial charge in [0.25, 0.3) is 0 Å². The van der Waals surface area contributed by atoms with Gasteiger partial charge in [-0.3, -0.25) is 4.79 Å². The summed E-state index contributed by atoms with van der Waals surface area (Å²) in [4.78, 5) is 39.3. The lowest BCUT2D eigenvalue weighted by Gasteiger charge is -2.10. The normalized spacial score (nSPS) is 10.5. The third-order valence-electron chi connectivity index (χ3n) is 3.41. The molecule has 1 aromatic heterocycles. The minimum atomic E-state index is -0.719. The Morgan fingerprint density at radius 1 is 1.14 bits per heavy atom. The first-order valence-electron chi connectivity index (χ1n) is 6.97. The van der Waals surface area contributed by atoms with E-state index in [1.165, 1.54) is 19.4 Å². The lowest BCUT2D eigenvalue weighted by molar-refractivity contribution is 0.0523. The van der Waals surface area contributed by atoms with Crippen LogP contribution in [0.25, 0.3) is 10.9 Å². The summed E-state index contributed by atoms with van der Waals surface area (Å²) in [7, 11) is 1.24. The first kappa shape index (κ1) is 15.8. The molecule has 0 unspecified atom stereocenters. The van der Waals surface area contributed by atoms with Crippen LogP contribution in [0.3, 0.4) is 0 Å². The summed E-state index contributed by atoms with van der Waals surface area (Å²) < 4.78 is 9.58. The van der Waals surface area contributed by atoms with Gasteiger partial charge in [-0.15, -0.1) is 0 Å². The average Bonchev–Trinajstić information content (AvgIpc) is 2.53. The number of methoxy groups -OCH3 is 1. The van der Waals surface area contributed by atoms with Gasteiger partial charge in [0, 0.05) is 6.20 Å². The molecule has 0 amide bonds. The van der Waals surface area contributed by atoms with Crippen molar-refractivity contribution in [1.82, 2.24) is 4.98 Å². The molecule has 0 bridgehead atoms. The van der Waals surface area contributed by atoms with Crippen LogP contribution >= 0.6 is 0 Å². The first-order valence-corrected chi connectivity index (χ1v) is 6.97. The fourth-order valence-corrected chi connectivity index (χ4v) is 2.33. The molecular weight excluding hydrogens is 286 g/mol. The number of carbonyl (C=O) groups is 2. The molecule has 1 N–H and O–H groups in total. The maximum Gasteiger partial charge on any atom is 0.343 e. The second kappa shape index (κ2) is 6.43. The number of aryl methyl sites for hydroxylation is 1. The van der Waals surface area contributed by atoms with Gasteiger partial charge in [-0.2, -0.15) is 0 Å². The molecule has 1 aromatic carbocycles. The maximum absolute atomic E-state index is 12.6. The Labute approximate surface area is 127 Å². The van der Waals surface area contributed by atoms with Crippen LogP contribution in [0, 0.1) is 0 Å². The number of aromatic nitrogens is 1. The minimum absolute atomic E-state index is 0.127. The molecule has 6 heteroatoms. The number of rotatable bonds is 4. The quantitative estimate of drug-likeness (QED) is 0.874. The molecule has 6 nitrogen and oxygen atoms in total. The fraction of sp³-hybridized carbons (Fsp3) is 0.312. The largest absolute Gasteiger partial charge is 0.465 e. The van der Waals surface area contributed by atoms with Crippen LogP contribution in [-0.2, 0) is 15.9 Å². The fourth-order valence-electron chi connectivity index (χ4n) is 2.33. The molecule has 0 atom stereocenters. The van der Waals surface area contributed by atoms with E-state index in [0.29, 0.717) is 11.9 Å². The van der Waals surface area contributed by atoms with Crippen LogP contribution in [0.15, 0.2) is 23.1 Å². The van der Waals surface area contributed by atoms with Gasteiger partial charge in [0.05, 0.1) is 30.2 Å². The predicted octanol–water partition coefficient (Wildman–Crippen LogP) is 2.05. The predicted molar refractivity (Wildman–Crippen MR) is 81.2 cm³/mol. The average molecular weight is 303 g/mol. The summed E-state index contributed by atoms with van der Waals surface area (Å²) in [6, 6.07) is 3.30. The summed E-state index contributed by atoms with van der Waals surface area (Å²) in [5.41, 5.74) is 0.858. The molecule has 0 aliphatic carbocycles. The molecule has 2 aromatic rings. The molecule has 0 spiro atoms. The third kappa shape index (κ3) is 2.59. The molecule has 0 saturated carbocycles. The van der Waals surface area contributed by atoms with Crippen molar-refractivity contribution in [3.8, 4) is 0 Å². The second-order valence-electron chi connectivity index (χ2n) is 4.62. The second-order valence-corrected chi connectivity index (χ2v) is 4.62. The number of hydrogen-bond acceptors (Lipinski definition) is 5. The van der Waals surface area contributed by atoms with Crippen LogP contribution in [0.1, 0.15) is 40.1 Å². The Hall–Kier alpha value is -2.63. The zero-order valence-corrected chi connectivity index (χ0v) is 12.7. The Bertz CT molecular complexity index is 791. The van der Waals surface area contributed by atoms with Crippen LogP contribution in [0.4, 0.5) is 0 Å². The molecular formula is C16H17NO5. The minimum Gasteiger partial charge on any atom is -0.465 e. The zero-order valence-electron chi connectivity index (χ0n) is 12.7. The summed E-state index contributed by atoms with van der Waals surface area (Å²) >= 11 is 0. The van der Waals surface area contributed by atoms with Crippen molar-refractivity contribution in [2.75, 3.05) is 13.7 Å². The molecule has 22 heavy (non-hydrogen) atoms. The van der Waals surface area contributed by atoms with E-state index in [1.807, 2.05) is 6.92 Å². The molecule has 116 valence electrons. The van der Waals surface area contributed by atoms with Crippen LogP contribution in [-0.4, -0.2) is 30.6 Å². The van der Waals surface area contributed by atoms with Crippen molar-refractivity contribution in [3.63, 3.8) is 0 Å². The number of hydrogen-bond donors (Lipinski definition) is 1. The van der Waals surface area contributed by atoms with Crippen LogP contribution in [0.5, 0.6) is 0 Å². The Kier molecular flexibility index (Phi) is 4.60. The highest BCUT2D eigenvalue weighted by molar-refractivity contribution is 6.06. The van der Waals surface area contributed by atoms with Crippen molar-refractivity contribution in [1.29, 1.82) is 0 Å². The summed E-state index contributed by atoms with van der Waals surface area (Å²) in [5, 5.41) is 0.150. The SMILES string of the molecule is CCOC(=O)c1c[nH]c2c(CC)ccc(C(=O)OC)c2c1=O. The van der Waals surface area contributed by atoms with Gasteiger partial charge in [-0.05, 0) is 25.0 Å².